The molecule has 0 fully saturated rings. The summed E-state index contributed by atoms with van der Waals surface area (Å²) in [4.78, 5) is 10.1. The maximum absolute atomic E-state index is 2.65. The number of fused-ring (bicyclic) bond motifs is 10. The van der Waals surface area contributed by atoms with Gasteiger partial charge >= 0.3 is 0 Å². The van der Waals surface area contributed by atoms with Crippen LogP contribution in [0.25, 0.3) is 10.1 Å². The van der Waals surface area contributed by atoms with Gasteiger partial charge in [-0.3, -0.25) is 0 Å². The molecule has 53 heavy (non-hydrogen) atoms. The van der Waals surface area contributed by atoms with Gasteiger partial charge in [-0.15, -0.1) is 11.3 Å². The summed E-state index contributed by atoms with van der Waals surface area (Å²) in [5, 5.41) is 4.50. The van der Waals surface area contributed by atoms with Crippen LogP contribution in [0, 0.1) is 0 Å². The third-order valence-electron chi connectivity index (χ3n) is 11.8. The van der Waals surface area contributed by atoms with Crippen LogP contribution in [0.4, 0.5) is 51.2 Å². The van der Waals surface area contributed by atoms with Crippen LogP contribution in [0.2, 0.25) is 13.1 Å². The molecule has 0 unspecified atom stereocenters. The summed E-state index contributed by atoms with van der Waals surface area (Å²) < 4.78 is 2.84. The number of hydrogen-bond donors (Lipinski definition) is 0. The minimum atomic E-state index is -2.06. The fraction of sp³-hybridized carbons (Fsp3) is 0.0435. The molecule has 3 nitrogen and oxygen atoms in total. The maximum Gasteiger partial charge on any atom is 0.264 e. The first-order chi connectivity index (χ1) is 26.1. The molecule has 0 N–H and O–H groups in total. The zero-order chi connectivity index (χ0) is 35.0. The molecule has 2 bridgehead atoms. The lowest BCUT2D eigenvalue weighted by molar-refractivity contribution is 1.19. The van der Waals surface area contributed by atoms with Crippen molar-refractivity contribution in [1.82, 2.24) is 0 Å². The highest BCUT2D eigenvalue weighted by molar-refractivity contribution is 7.99. The van der Waals surface area contributed by atoms with Gasteiger partial charge in [0.25, 0.3) is 6.71 Å². The van der Waals surface area contributed by atoms with Crippen LogP contribution in [-0.4, -0.2) is 14.8 Å². The monoisotopic (exact) mass is 729 g/mol. The van der Waals surface area contributed by atoms with Crippen molar-refractivity contribution in [1.29, 1.82) is 0 Å². The largest absolute Gasteiger partial charge is 0.310 e. The zero-order valence-electron chi connectivity index (χ0n) is 29.2. The van der Waals surface area contributed by atoms with Gasteiger partial charge < -0.3 is 14.7 Å². The average Bonchev–Trinajstić information content (AvgIpc) is 3.55. The van der Waals surface area contributed by atoms with Gasteiger partial charge in [0.1, 0.15) is 8.07 Å². The van der Waals surface area contributed by atoms with Crippen molar-refractivity contribution >= 4 is 125 Å². The van der Waals surface area contributed by atoms with E-state index in [-0.39, 0.29) is 6.71 Å². The normalized spacial score (nSPS) is 15.3. The van der Waals surface area contributed by atoms with Crippen LogP contribution >= 0.6 is 23.1 Å². The van der Waals surface area contributed by atoms with E-state index in [1.807, 2.05) is 23.1 Å². The molecule has 0 amide bonds. The van der Waals surface area contributed by atoms with Gasteiger partial charge in [0.15, 0.2) is 0 Å². The molecule has 0 radical (unpaired) electrons. The van der Waals surface area contributed by atoms with Gasteiger partial charge in [-0.1, -0.05) is 110 Å². The zero-order valence-corrected chi connectivity index (χ0v) is 31.9. The van der Waals surface area contributed by atoms with E-state index in [4.69, 9.17) is 0 Å². The molecular weight excluding hydrogens is 698 g/mol. The lowest BCUT2D eigenvalue weighted by atomic mass is 9.36. The van der Waals surface area contributed by atoms with E-state index in [1.54, 1.807) is 5.19 Å². The maximum atomic E-state index is 2.65. The molecule has 0 saturated carbocycles. The quantitative estimate of drug-likeness (QED) is 0.156. The predicted molar refractivity (Wildman–Crippen MR) is 231 cm³/mol. The molecule has 12 rings (SSSR count). The SMILES string of the molecule is C[Si]1(C)c2ccccc2N2c3cccc4c3B(c3ccc5cc3N4c3ccccc3Sc3ccccc3N5c3ccccc3)c3sc4cccc1c4c32. The minimum absolute atomic E-state index is 0.105. The van der Waals surface area contributed by atoms with E-state index in [0.29, 0.717) is 0 Å². The van der Waals surface area contributed by atoms with Gasteiger partial charge in [0.2, 0.25) is 0 Å². The van der Waals surface area contributed by atoms with Crippen molar-refractivity contribution in [3.63, 3.8) is 0 Å². The van der Waals surface area contributed by atoms with Crippen LogP contribution in [0.1, 0.15) is 0 Å². The Hall–Kier alpha value is -5.47. The van der Waals surface area contributed by atoms with Crippen molar-refractivity contribution < 1.29 is 0 Å². The molecule has 8 aromatic rings. The first-order valence-corrected chi connectivity index (χ1v) is 22.9. The molecule has 1 aromatic heterocycles. The second kappa shape index (κ2) is 10.8. The highest BCUT2D eigenvalue weighted by Gasteiger charge is 2.48. The number of hydrogen-bond acceptors (Lipinski definition) is 5. The molecule has 0 saturated heterocycles. The molecular formula is C46H32BN3S2Si. The van der Waals surface area contributed by atoms with Crippen LogP contribution in [0.3, 0.4) is 0 Å². The van der Waals surface area contributed by atoms with E-state index in [1.165, 1.54) is 80.6 Å². The Labute approximate surface area is 318 Å². The summed E-state index contributed by atoms with van der Waals surface area (Å²) in [6.07, 6.45) is 0. The van der Waals surface area contributed by atoms with Crippen LogP contribution in [-0.2, 0) is 0 Å². The van der Waals surface area contributed by atoms with Crippen LogP contribution in [0.15, 0.2) is 168 Å². The number of rotatable bonds is 1. The van der Waals surface area contributed by atoms with Crippen LogP contribution in [0.5, 0.6) is 0 Å². The number of benzene rings is 7. The molecule has 4 aliphatic rings. The lowest BCUT2D eigenvalue weighted by Crippen LogP contribution is -2.60. The molecule has 0 atom stereocenters. The Morgan fingerprint density at radius 1 is 0.491 bits per heavy atom. The number of nitrogens with zero attached hydrogens (tertiary/aromatic N) is 3. The topological polar surface area (TPSA) is 9.72 Å². The summed E-state index contributed by atoms with van der Waals surface area (Å²) in [7, 11) is -2.06. The van der Waals surface area contributed by atoms with Gasteiger partial charge in [0.05, 0.1) is 17.1 Å². The van der Waals surface area contributed by atoms with Crippen molar-refractivity contribution in [2.24, 2.45) is 0 Å². The van der Waals surface area contributed by atoms with E-state index >= 15 is 0 Å². The summed E-state index contributed by atoms with van der Waals surface area (Å²) >= 11 is 3.86. The third-order valence-corrected chi connectivity index (χ3v) is 17.7. The first kappa shape index (κ1) is 30.0. The Kier molecular flexibility index (Phi) is 6.12. The third kappa shape index (κ3) is 3.97. The summed E-state index contributed by atoms with van der Waals surface area (Å²) in [5.74, 6) is 0. The second-order valence-corrected chi connectivity index (χ2v) is 21.4. The predicted octanol–water partition coefficient (Wildman–Crippen LogP) is 10.1. The highest BCUT2D eigenvalue weighted by atomic mass is 32.2. The summed E-state index contributed by atoms with van der Waals surface area (Å²) in [6, 6.07) is 59.3. The second-order valence-electron chi connectivity index (χ2n) is 14.9. The van der Waals surface area contributed by atoms with Crippen molar-refractivity contribution in [3.05, 3.63) is 158 Å². The van der Waals surface area contributed by atoms with Gasteiger partial charge in [-0.05, 0) is 94.1 Å². The van der Waals surface area contributed by atoms with Gasteiger partial charge in [-0.2, -0.15) is 0 Å². The minimum Gasteiger partial charge on any atom is -0.310 e. The molecule has 7 aromatic carbocycles. The molecule has 250 valence electrons. The molecule has 5 heterocycles. The van der Waals surface area contributed by atoms with E-state index in [2.05, 4.69) is 186 Å². The number of anilines is 9. The summed E-state index contributed by atoms with van der Waals surface area (Å²) in [5.41, 5.74) is 14.0. The van der Waals surface area contributed by atoms with Crippen molar-refractivity contribution in [2.75, 3.05) is 14.7 Å². The fourth-order valence-corrected chi connectivity index (χ4v) is 15.1. The molecule has 0 spiro atoms. The fourth-order valence-electron chi connectivity index (χ4n) is 9.53. The van der Waals surface area contributed by atoms with Crippen molar-refractivity contribution in [2.45, 2.75) is 22.9 Å². The molecule has 7 heteroatoms. The Bertz CT molecular complexity index is 2850. The average molecular weight is 730 g/mol. The van der Waals surface area contributed by atoms with E-state index in [0.717, 1.165) is 11.4 Å². The Morgan fingerprint density at radius 2 is 1.11 bits per heavy atom. The van der Waals surface area contributed by atoms with E-state index in [9.17, 15) is 0 Å². The Balaban J connectivity index is 1.21. The smallest absolute Gasteiger partial charge is 0.264 e. The number of para-hydroxylation sites is 4. The standard InChI is InChI=1S/C46H32BN3S2Si/c1-53(2)41-24-11-8-18-34(41)50-36-20-12-19-35-44(36)47(46-45(50)43-40(52-46)23-13-25-42(43)53)31-27-26-30-28-37(31)49(35)33-17-7-10-22-39(33)51-38-21-9-6-16-32(38)48(30)29-14-4-3-5-15-29/h3-28H,1-2H3. The lowest BCUT2D eigenvalue weighted by Gasteiger charge is -2.44. The number of thiophene rings is 1. The van der Waals surface area contributed by atoms with Crippen molar-refractivity contribution in [3.8, 4) is 0 Å². The molecule has 0 aliphatic carbocycles. The first-order valence-electron chi connectivity index (χ1n) is 18.3. The van der Waals surface area contributed by atoms with E-state index < -0.39 is 8.07 Å². The molecule has 4 aliphatic heterocycles. The van der Waals surface area contributed by atoms with Gasteiger partial charge in [0, 0.05) is 58.8 Å². The van der Waals surface area contributed by atoms with Gasteiger partial charge in [-0.25, -0.2) is 0 Å². The Morgan fingerprint density at radius 3 is 1.91 bits per heavy atom. The summed E-state index contributed by atoms with van der Waals surface area (Å²) in [6.45, 7) is 5.19. The van der Waals surface area contributed by atoms with Crippen LogP contribution < -0.4 is 40.8 Å². The highest BCUT2D eigenvalue weighted by Crippen LogP contribution is 2.53.